The molecule has 1 aromatic rings. The maximum absolute atomic E-state index is 12.5. The fraction of sp³-hybridized carbons (Fsp3) is 0.600. The Morgan fingerprint density at radius 2 is 2.00 bits per heavy atom. The van der Waals surface area contributed by atoms with Gasteiger partial charge in [0, 0.05) is 19.1 Å². The van der Waals surface area contributed by atoms with E-state index in [-0.39, 0.29) is 0 Å². The number of benzene rings is 1. The first-order valence-corrected chi connectivity index (χ1v) is 8.89. The van der Waals surface area contributed by atoms with Gasteiger partial charge in [0.15, 0.2) is 0 Å². The van der Waals surface area contributed by atoms with Crippen molar-refractivity contribution in [3.8, 4) is 0 Å². The van der Waals surface area contributed by atoms with Gasteiger partial charge < -0.3 is 5.32 Å². The molecule has 4 nitrogen and oxygen atoms in total. The van der Waals surface area contributed by atoms with Crippen LogP contribution in [0.1, 0.15) is 25.7 Å². The highest BCUT2D eigenvalue weighted by Crippen LogP contribution is 2.28. The smallest absolute Gasteiger partial charge is 0.243 e. The summed E-state index contributed by atoms with van der Waals surface area (Å²) in [5, 5.41) is 3.50. The Bertz CT molecular complexity index is 538. The molecule has 2 atom stereocenters. The Hall–Kier alpha value is -0.910. The second-order valence-corrected chi connectivity index (χ2v) is 7.80. The zero-order valence-electron chi connectivity index (χ0n) is 11.7. The van der Waals surface area contributed by atoms with Crippen LogP contribution in [0.2, 0.25) is 0 Å². The van der Waals surface area contributed by atoms with E-state index in [1.165, 1.54) is 12.8 Å². The highest BCUT2D eigenvalue weighted by molar-refractivity contribution is 7.89. The molecule has 1 aromatic carbocycles. The van der Waals surface area contributed by atoms with Crippen LogP contribution in [0.3, 0.4) is 0 Å². The van der Waals surface area contributed by atoms with E-state index in [0.717, 1.165) is 19.4 Å². The highest BCUT2D eigenvalue weighted by Gasteiger charge is 2.33. The summed E-state index contributed by atoms with van der Waals surface area (Å²) in [6, 6.07) is 9.37. The molecule has 0 spiro atoms. The Balaban J connectivity index is 1.64. The monoisotopic (exact) mass is 294 g/mol. The molecule has 5 heteroatoms. The minimum atomic E-state index is -3.29. The van der Waals surface area contributed by atoms with Crippen molar-refractivity contribution in [1.29, 1.82) is 0 Å². The molecule has 0 amide bonds. The molecular formula is C15H22N2O2S. The molecule has 2 aliphatic heterocycles. The molecule has 2 unspecified atom stereocenters. The van der Waals surface area contributed by atoms with Crippen LogP contribution in [0, 0.1) is 5.92 Å². The molecule has 0 aromatic heterocycles. The summed E-state index contributed by atoms with van der Waals surface area (Å²) in [4.78, 5) is 0.416. The van der Waals surface area contributed by atoms with Crippen LogP contribution in [0.4, 0.5) is 0 Å². The van der Waals surface area contributed by atoms with Gasteiger partial charge in [-0.3, -0.25) is 0 Å². The lowest BCUT2D eigenvalue weighted by Gasteiger charge is -2.18. The molecule has 1 N–H and O–H groups in total. The van der Waals surface area contributed by atoms with E-state index in [4.69, 9.17) is 0 Å². The number of nitrogens with zero attached hydrogens (tertiary/aromatic N) is 1. The average Bonchev–Trinajstić information content (AvgIpc) is 3.12. The Kier molecular flexibility index (Phi) is 4.10. The van der Waals surface area contributed by atoms with Gasteiger partial charge in [0.25, 0.3) is 0 Å². The third kappa shape index (κ3) is 2.90. The minimum absolute atomic E-state index is 0.416. The first kappa shape index (κ1) is 14.0. The fourth-order valence-electron chi connectivity index (χ4n) is 3.31. The maximum atomic E-state index is 12.5. The predicted octanol–water partition coefficient (Wildman–Crippen LogP) is 1.84. The molecule has 2 aliphatic rings. The molecule has 0 saturated carbocycles. The van der Waals surface area contributed by atoms with Crippen molar-refractivity contribution in [2.24, 2.45) is 5.92 Å². The lowest BCUT2D eigenvalue weighted by atomic mass is 9.98. The van der Waals surface area contributed by atoms with Crippen molar-refractivity contribution >= 4 is 10.0 Å². The zero-order valence-corrected chi connectivity index (χ0v) is 12.5. The molecule has 110 valence electrons. The molecule has 20 heavy (non-hydrogen) atoms. The van der Waals surface area contributed by atoms with E-state index in [1.807, 2.05) is 6.07 Å². The van der Waals surface area contributed by atoms with E-state index in [2.05, 4.69) is 5.32 Å². The summed E-state index contributed by atoms with van der Waals surface area (Å²) in [6.45, 7) is 2.45. The second kappa shape index (κ2) is 5.84. The van der Waals surface area contributed by atoms with Gasteiger partial charge in [0.2, 0.25) is 10.0 Å². The molecule has 0 radical (unpaired) electrons. The van der Waals surface area contributed by atoms with Gasteiger partial charge in [-0.1, -0.05) is 18.2 Å². The van der Waals surface area contributed by atoms with Gasteiger partial charge in [-0.15, -0.1) is 0 Å². The van der Waals surface area contributed by atoms with Crippen LogP contribution >= 0.6 is 0 Å². The fourth-order valence-corrected chi connectivity index (χ4v) is 4.86. The predicted molar refractivity (Wildman–Crippen MR) is 78.9 cm³/mol. The Labute approximate surface area is 121 Å². The number of hydrogen-bond donors (Lipinski definition) is 1. The molecular weight excluding hydrogens is 272 g/mol. The van der Waals surface area contributed by atoms with Crippen LogP contribution in [0.5, 0.6) is 0 Å². The van der Waals surface area contributed by atoms with Crippen molar-refractivity contribution in [3.63, 3.8) is 0 Å². The standard InChI is InChI=1S/C15H22N2O2S/c18-20(19,15-6-2-1-3-7-15)17-10-8-13(12-17)11-14-5-4-9-16-14/h1-3,6-7,13-14,16H,4-5,8-12H2. The molecule has 2 heterocycles. The van der Waals surface area contributed by atoms with Crippen LogP contribution in [-0.2, 0) is 10.0 Å². The topological polar surface area (TPSA) is 49.4 Å². The van der Waals surface area contributed by atoms with E-state index in [9.17, 15) is 8.42 Å². The van der Waals surface area contributed by atoms with Gasteiger partial charge >= 0.3 is 0 Å². The van der Waals surface area contributed by atoms with Crippen LogP contribution in [0.25, 0.3) is 0 Å². The van der Waals surface area contributed by atoms with Crippen molar-refractivity contribution in [2.45, 2.75) is 36.6 Å². The number of hydrogen-bond acceptors (Lipinski definition) is 3. The van der Waals surface area contributed by atoms with Gasteiger partial charge in [-0.25, -0.2) is 8.42 Å². The van der Waals surface area contributed by atoms with Crippen molar-refractivity contribution < 1.29 is 8.42 Å². The number of rotatable bonds is 4. The van der Waals surface area contributed by atoms with E-state index in [1.54, 1.807) is 28.6 Å². The minimum Gasteiger partial charge on any atom is -0.314 e. The van der Waals surface area contributed by atoms with E-state index < -0.39 is 10.0 Å². The summed E-state index contributed by atoms with van der Waals surface area (Å²) < 4.78 is 26.7. The van der Waals surface area contributed by atoms with Gasteiger partial charge in [-0.2, -0.15) is 4.31 Å². The molecule has 0 bridgehead atoms. The normalized spacial score (nSPS) is 28.0. The second-order valence-electron chi connectivity index (χ2n) is 5.86. The van der Waals surface area contributed by atoms with Gasteiger partial charge in [0.05, 0.1) is 4.90 Å². The highest BCUT2D eigenvalue weighted by atomic mass is 32.2. The quantitative estimate of drug-likeness (QED) is 0.922. The summed E-state index contributed by atoms with van der Waals surface area (Å²) in [7, 11) is -3.29. The lowest BCUT2D eigenvalue weighted by Crippen LogP contribution is -2.30. The molecule has 3 rings (SSSR count). The summed E-state index contributed by atoms with van der Waals surface area (Å²) in [5.41, 5.74) is 0. The van der Waals surface area contributed by atoms with Gasteiger partial charge in [-0.05, 0) is 50.3 Å². The maximum Gasteiger partial charge on any atom is 0.243 e. The Morgan fingerprint density at radius 1 is 1.20 bits per heavy atom. The van der Waals surface area contributed by atoms with Crippen LogP contribution in [-0.4, -0.2) is 38.4 Å². The molecule has 0 aliphatic carbocycles. The molecule has 2 fully saturated rings. The summed E-state index contributed by atoms with van der Waals surface area (Å²) in [5.74, 6) is 0.504. The summed E-state index contributed by atoms with van der Waals surface area (Å²) >= 11 is 0. The van der Waals surface area contributed by atoms with Crippen molar-refractivity contribution in [3.05, 3.63) is 30.3 Å². The van der Waals surface area contributed by atoms with Crippen molar-refractivity contribution in [1.82, 2.24) is 9.62 Å². The SMILES string of the molecule is O=S(=O)(c1ccccc1)N1CCC(CC2CCCN2)C1. The van der Waals surface area contributed by atoms with Crippen LogP contribution in [0.15, 0.2) is 35.2 Å². The van der Waals surface area contributed by atoms with E-state index >= 15 is 0 Å². The number of nitrogens with one attached hydrogen (secondary N) is 1. The zero-order chi connectivity index (χ0) is 14.0. The third-order valence-electron chi connectivity index (χ3n) is 4.41. The first-order valence-electron chi connectivity index (χ1n) is 7.45. The van der Waals surface area contributed by atoms with Crippen LogP contribution < -0.4 is 5.32 Å². The largest absolute Gasteiger partial charge is 0.314 e. The molecule has 2 saturated heterocycles. The van der Waals surface area contributed by atoms with Gasteiger partial charge in [0.1, 0.15) is 0 Å². The first-order chi connectivity index (χ1) is 9.66. The lowest BCUT2D eigenvalue weighted by molar-refractivity contribution is 0.408. The Morgan fingerprint density at radius 3 is 2.70 bits per heavy atom. The summed E-state index contributed by atoms with van der Waals surface area (Å²) in [6.07, 6.45) is 4.59. The number of sulfonamides is 1. The average molecular weight is 294 g/mol. The van der Waals surface area contributed by atoms with E-state index in [0.29, 0.717) is 29.9 Å². The van der Waals surface area contributed by atoms with Crippen molar-refractivity contribution in [2.75, 3.05) is 19.6 Å². The third-order valence-corrected chi connectivity index (χ3v) is 6.29.